The Kier molecular flexibility index (Phi) is 3.06. The van der Waals surface area contributed by atoms with E-state index in [9.17, 15) is 0 Å². The van der Waals surface area contributed by atoms with Gasteiger partial charge in [0.2, 0.25) is 5.76 Å². The Labute approximate surface area is 77.7 Å². The largest absolute Gasteiger partial charge is 0.493 e. The predicted octanol–water partition coefficient (Wildman–Crippen LogP) is 1.40. The van der Waals surface area contributed by atoms with Crippen LogP contribution >= 0.6 is 0 Å². The van der Waals surface area contributed by atoms with E-state index < -0.39 is 0 Å². The normalized spacial score (nSPS) is 21.8. The third-order valence-corrected chi connectivity index (χ3v) is 1.84. The highest BCUT2D eigenvalue weighted by Crippen LogP contribution is 2.26. The van der Waals surface area contributed by atoms with Crippen molar-refractivity contribution in [3.63, 3.8) is 0 Å². The second kappa shape index (κ2) is 4.07. The predicted molar refractivity (Wildman–Crippen MR) is 46.7 cm³/mol. The van der Waals surface area contributed by atoms with Gasteiger partial charge in [-0.1, -0.05) is 0 Å². The first-order valence-electron chi connectivity index (χ1n) is 3.96. The van der Waals surface area contributed by atoms with Crippen LogP contribution in [-0.2, 0) is 18.9 Å². The maximum absolute atomic E-state index is 5.27. The molecule has 1 heterocycles. The van der Waals surface area contributed by atoms with Gasteiger partial charge in [0.25, 0.3) is 0 Å². The van der Waals surface area contributed by atoms with E-state index in [0.29, 0.717) is 17.3 Å². The third kappa shape index (κ3) is 1.71. The molecule has 0 aromatic rings. The summed E-state index contributed by atoms with van der Waals surface area (Å²) in [5.41, 5.74) is 0. The standard InChI is InChI=1S/C9H14O4/c1-6-8(11-3)9(12-4)7(10-2)5-13-6/h5-6H,1-4H3. The summed E-state index contributed by atoms with van der Waals surface area (Å²) in [7, 11) is 4.70. The summed E-state index contributed by atoms with van der Waals surface area (Å²) < 4.78 is 20.6. The molecule has 1 rings (SSSR count). The minimum absolute atomic E-state index is 0.140. The van der Waals surface area contributed by atoms with Gasteiger partial charge in [-0.2, -0.15) is 0 Å². The molecule has 1 aliphatic heterocycles. The average molecular weight is 186 g/mol. The summed E-state index contributed by atoms with van der Waals surface area (Å²) >= 11 is 0. The van der Waals surface area contributed by atoms with Crippen molar-refractivity contribution in [2.24, 2.45) is 0 Å². The number of hydrogen-bond donors (Lipinski definition) is 0. The van der Waals surface area contributed by atoms with Gasteiger partial charge in [-0.25, -0.2) is 0 Å². The van der Waals surface area contributed by atoms with Crippen LogP contribution in [0, 0.1) is 0 Å². The number of methoxy groups -OCH3 is 3. The van der Waals surface area contributed by atoms with E-state index in [1.807, 2.05) is 6.92 Å². The van der Waals surface area contributed by atoms with Gasteiger partial charge < -0.3 is 18.9 Å². The molecule has 0 N–H and O–H groups in total. The van der Waals surface area contributed by atoms with Crippen LogP contribution in [0.15, 0.2) is 23.5 Å². The van der Waals surface area contributed by atoms with E-state index in [1.54, 1.807) is 21.3 Å². The maximum atomic E-state index is 5.27. The van der Waals surface area contributed by atoms with Gasteiger partial charge in [-0.15, -0.1) is 0 Å². The molecule has 1 aliphatic rings. The molecule has 4 heteroatoms. The van der Waals surface area contributed by atoms with E-state index >= 15 is 0 Å². The summed E-state index contributed by atoms with van der Waals surface area (Å²) in [5.74, 6) is 1.77. The van der Waals surface area contributed by atoms with Gasteiger partial charge in [-0.3, -0.25) is 0 Å². The molecular formula is C9H14O4. The summed E-state index contributed by atoms with van der Waals surface area (Å²) in [6, 6.07) is 0. The van der Waals surface area contributed by atoms with Gasteiger partial charge in [0, 0.05) is 0 Å². The monoisotopic (exact) mass is 186 g/mol. The first-order valence-corrected chi connectivity index (χ1v) is 3.96. The SMILES string of the molecule is COC1=COC(C)C(OC)=C1OC. The molecule has 74 valence electrons. The van der Waals surface area contributed by atoms with Crippen LogP contribution in [0.25, 0.3) is 0 Å². The Hall–Kier alpha value is -1.32. The molecule has 0 saturated heterocycles. The Morgan fingerprint density at radius 2 is 1.85 bits per heavy atom. The molecule has 4 nitrogen and oxygen atoms in total. The minimum Gasteiger partial charge on any atom is -0.493 e. The van der Waals surface area contributed by atoms with Crippen LogP contribution in [0.2, 0.25) is 0 Å². The van der Waals surface area contributed by atoms with Crippen LogP contribution < -0.4 is 0 Å². The lowest BCUT2D eigenvalue weighted by Gasteiger charge is -2.23. The number of rotatable bonds is 3. The molecule has 0 radical (unpaired) electrons. The molecule has 1 atom stereocenters. The Balaban J connectivity index is 3.00. The smallest absolute Gasteiger partial charge is 0.206 e. The second-order valence-electron chi connectivity index (χ2n) is 2.57. The van der Waals surface area contributed by atoms with Crippen molar-refractivity contribution in [3.05, 3.63) is 23.5 Å². The van der Waals surface area contributed by atoms with Crippen molar-refractivity contribution in [3.8, 4) is 0 Å². The van der Waals surface area contributed by atoms with Crippen molar-refractivity contribution in [1.29, 1.82) is 0 Å². The molecule has 0 aromatic heterocycles. The lowest BCUT2D eigenvalue weighted by atomic mass is 10.2. The fraction of sp³-hybridized carbons (Fsp3) is 0.556. The number of ether oxygens (including phenoxy) is 4. The van der Waals surface area contributed by atoms with Crippen molar-refractivity contribution < 1.29 is 18.9 Å². The average Bonchev–Trinajstić information content (AvgIpc) is 2.17. The lowest BCUT2D eigenvalue weighted by molar-refractivity contribution is 0.0714. The van der Waals surface area contributed by atoms with Crippen LogP contribution in [0.4, 0.5) is 0 Å². The van der Waals surface area contributed by atoms with Gasteiger partial charge in [-0.05, 0) is 6.92 Å². The van der Waals surface area contributed by atoms with Crippen molar-refractivity contribution in [2.45, 2.75) is 13.0 Å². The van der Waals surface area contributed by atoms with E-state index in [2.05, 4.69) is 0 Å². The van der Waals surface area contributed by atoms with E-state index in [1.165, 1.54) is 6.26 Å². The molecule has 0 aromatic carbocycles. The molecule has 1 unspecified atom stereocenters. The highest BCUT2D eigenvalue weighted by atomic mass is 16.6. The van der Waals surface area contributed by atoms with E-state index in [0.717, 1.165) is 0 Å². The Morgan fingerprint density at radius 3 is 2.31 bits per heavy atom. The van der Waals surface area contributed by atoms with Crippen LogP contribution in [0.1, 0.15) is 6.92 Å². The van der Waals surface area contributed by atoms with Crippen molar-refractivity contribution in [2.75, 3.05) is 21.3 Å². The first-order chi connectivity index (χ1) is 6.24. The molecule has 0 saturated carbocycles. The topological polar surface area (TPSA) is 36.9 Å². The third-order valence-electron chi connectivity index (χ3n) is 1.84. The zero-order valence-electron chi connectivity index (χ0n) is 8.29. The molecule has 0 amide bonds. The summed E-state index contributed by atoms with van der Waals surface area (Å²) in [6.45, 7) is 1.88. The Morgan fingerprint density at radius 1 is 1.15 bits per heavy atom. The van der Waals surface area contributed by atoms with Crippen LogP contribution in [0.3, 0.4) is 0 Å². The number of hydrogen-bond acceptors (Lipinski definition) is 4. The molecule has 0 bridgehead atoms. The highest BCUT2D eigenvalue weighted by Gasteiger charge is 2.25. The van der Waals surface area contributed by atoms with Crippen LogP contribution in [-0.4, -0.2) is 27.4 Å². The maximum Gasteiger partial charge on any atom is 0.206 e. The molecule has 0 fully saturated rings. The summed E-state index contributed by atoms with van der Waals surface area (Å²) in [5, 5.41) is 0. The molecular weight excluding hydrogens is 172 g/mol. The quantitative estimate of drug-likeness (QED) is 0.667. The fourth-order valence-electron chi connectivity index (χ4n) is 1.19. The van der Waals surface area contributed by atoms with Gasteiger partial charge in [0.1, 0.15) is 6.26 Å². The second-order valence-corrected chi connectivity index (χ2v) is 2.57. The molecule has 13 heavy (non-hydrogen) atoms. The lowest BCUT2D eigenvalue weighted by Crippen LogP contribution is -2.19. The fourth-order valence-corrected chi connectivity index (χ4v) is 1.19. The van der Waals surface area contributed by atoms with Gasteiger partial charge in [0.15, 0.2) is 17.6 Å². The zero-order valence-corrected chi connectivity index (χ0v) is 8.29. The van der Waals surface area contributed by atoms with Crippen LogP contribution in [0.5, 0.6) is 0 Å². The van der Waals surface area contributed by atoms with E-state index in [4.69, 9.17) is 18.9 Å². The highest BCUT2D eigenvalue weighted by molar-refractivity contribution is 5.26. The van der Waals surface area contributed by atoms with Crippen molar-refractivity contribution in [1.82, 2.24) is 0 Å². The first kappa shape index (κ1) is 9.77. The Bertz CT molecular complexity index is 242. The van der Waals surface area contributed by atoms with E-state index in [-0.39, 0.29) is 6.10 Å². The summed E-state index contributed by atoms with van der Waals surface area (Å²) in [6.07, 6.45) is 1.38. The van der Waals surface area contributed by atoms with Gasteiger partial charge >= 0.3 is 0 Å². The molecule has 0 aliphatic carbocycles. The van der Waals surface area contributed by atoms with Crippen molar-refractivity contribution >= 4 is 0 Å². The minimum atomic E-state index is -0.140. The van der Waals surface area contributed by atoms with Gasteiger partial charge in [0.05, 0.1) is 21.3 Å². The zero-order chi connectivity index (χ0) is 9.84. The molecule has 0 spiro atoms. The summed E-state index contributed by atoms with van der Waals surface area (Å²) in [4.78, 5) is 0.